The predicted octanol–water partition coefficient (Wildman–Crippen LogP) is 1.64. The van der Waals surface area contributed by atoms with Crippen LogP contribution in [0, 0.1) is 0 Å². The smallest absolute Gasteiger partial charge is 0.132 e. The highest BCUT2D eigenvalue weighted by Crippen LogP contribution is 2.14. The Morgan fingerprint density at radius 2 is 1.93 bits per heavy atom. The lowest BCUT2D eigenvalue weighted by Crippen LogP contribution is -1.98. The average molecular weight is 201 g/mol. The summed E-state index contributed by atoms with van der Waals surface area (Å²) in [6, 6.07) is 10.9. The van der Waals surface area contributed by atoms with E-state index in [0.717, 1.165) is 17.1 Å². The maximum Gasteiger partial charge on any atom is 0.132 e. The van der Waals surface area contributed by atoms with Gasteiger partial charge in [0.15, 0.2) is 0 Å². The SMILES string of the molecule is Nc1ccc(OCc2cccnn2)cc1. The van der Waals surface area contributed by atoms with Crippen molar-refractivity contribution in [1.29, 1.82) is 0 Å². The van der Waals surface area contributed by atoms with Crippen molar-refractivity contribution in [2.45, 2.75) is 6.61 Å². The van der Waals surface area contributed by atoms with Crippen molar-refractivity contribution in [3.63, 3.8) is 0 Å². The van der Waals surface area contributed by atoms with E-state index in [9.17, 15) is 0 Å². The van der Waals surface area contributed by atoms with Crippen LogP contribution in [0.25, 0.3) is 0 Å². The van der Waals surface area contributed by atoms with E-state index < -0.39 is 0 Å². The van der Waals surface area contributed by atoms with Crippen LogP contribution in [-0.4, -0.2) is 10.2 Å². The molecular weight excluding hydrogens is 190 g/mol. The Hall–Kier alpha value is -2.10. The third-order valence-electron chi connectivity index (χ3n) is 1.89. The van der Waals surface area contributed by atoms with E-state index in [1.54, 1.807) is 18.3 Å². The summed E-state index contributed by atoms with van der Waals surface area (Å²) in [6.07, 6.45) is 1.63. The zero-order valence-corrected chi connectivity index (χ0v) is 8.13. The Labute approximate surface area is 87.7 Å². The highest BCUT2D eigenvalue weighted by atomic mass is 16.5. The van der Waals surface area contributed by atoms with Crippen molar-refractivity contribution in [3.05, 3.63) is 48.3 Å². The normalized spacial score (nSPS) is 9.87. The van der Waals surface area contributed by atoms with Crippen LogP contribution in [-0.2, 0) is 6.61 Å². The number of ether oxygens (including phenoxy) is 1. The number of benzene rings is 1. The van der Waals surface area contributed by atoms with Crippen molar-refractivity contribution in [2.24, 2.45) is 0 Å². The van der Waals surface area contributed by atoms with Crippen LogP contribution in [0.4, 0.5) is 5.69 Å². The number of nitrogen functional groups attached to an aromatic ring is 1. The molecule has 76 valence electrons. The highest BCUT2D eigenvalue weighted by Gasteiger charge is 1.96. The van der Waals surface area contributed by atoms with E-state index in [1.807, 2.05) is 24.3 Å². The maximum absolute atomic E-state index is 5.56. The first-order valence-corrected chi connectivity index (χ1v) is 4.59. The second-order valence-corrected chi connectivity index (χ2v) is 3.07. The lowest BCUT2D eigenvalue weighted by molar-refractivity contribution is 0.300. The lowest BCUT2D eigenvalue weighted by Gasteiger charge is -2.04. The Morgan fingerprint density at radius 3 is 2.60 bits per heavy atom. The molecule has 0 aliphatic heterocycles. The largest absolute Gasteiger partial charge is 0.487 e. The fraction of sp³-hybridized carbons (Fsp3) is 0.0909. The summed E-state index contributed by atoms with van der Waals surface area (Å²) >= 11 is 0. The number of hydrogen-bond donors (Lipinski definition) is 1. The zero-order chi connectivity index (χ0) is 10.5. The number of nitrogens with two attached hydrogens (primary N) is 1. The van der Waals surface area contributed by atoms with Gasteiger partial charge in [0.25, 0.3) is 0 Å². The van der Waals surface area contributed by atoms with E-state index in [4.69, 9.17) is 10.5 Å². The second-order valence-electron chi connectivity index (χ2n) is 3.07. The van der Waals surface area contributed by atoms with E-state index in [-0.39, 0.29) is 0 Å². The monoisotopic (exact) mass is 201 g/mol. The molecule has 2 aromatic rings. The van der Waals surface area contributed by atoms with Gasteiger partial charge in [0.2, 0.25) is 0 Å². The summed E-state index contributed by atoms with van der Waals surface area (Å²) in [5, 5.41) is 7.67. The molecule has 2 N–H and O–H groups in total. The van der Waals surface area contributed by atoms with Crippen molar-refractivity contribution in [1.82, 2.24) is 10.2 Å². The van der Waals surface area contributed by atoms with Crippen LogP contribution in [0.2, 0.25) is 0 Å². The Morgan fingerprint density at radius 1 is 1.13 bits per heavy atom. The quantitative estimate of drug-likeness (QED) is 0.767. The van der Waals surface area contributed by atoms with Crippen molar-refractivity contribution < 1.29 is 4.74 Å². The molecule has 0 radical (unpaired) electrons. The van der Waals surface area contributed by atoms with Gasteiger partial charge in [0.1, 0.15) is 18.1 Å². The molecule has 0 unspecified atom stereocenters. The van der Waals surface area contributed by atoms with Crippen LogP contribution in [0.3, 0.4) is 0 Å². The van der Waals surface area contributed by atoms with Gasteiger partial charge in [-0.2, -0.15) is 10.2 Å². The first kappa shape index (κ1) is 9.45. The summed E-state index contributed by atoms with van der Waals surface area (Å²) < 4.78 is 5.49. The summed E-state index contributed by atoms with van der Waals surface area (Å²) in [5.74, 6) is 0.773. The van der Waals surface area contributed by atoms with Gasteiger partial charge in [0.05, 0.1) is 0 Å². The van der Waals surface area contributed by atoms with Crippen LogP contribution in [0.5, 0.6) is 5.75 Å². The van der Waals surface area contributed by atoms with Gasteiger partial charge in [-0.3, -0.25) is 0 Å². The molecule has 0 atom stereocenters. The van der Waals surface area contributed by atoms with E-state index in [1.165, 1.54) is 0 Å². The molecule has 2 rings (SSSR count). The molecule has 15 heavy (non-hydrogen) atoms. The molecule has 0 saturated heterocycles. The lowest BCUT2D eigenvalue weighted by atomic mass is 10.3. The Bertz CT molecular complexity index is 414. The van der Waals surface area contributed by atoms with Gasteiger partial charge in [-0.15, -0.1) is 0 Å². The third kappa shape index (κ3) is 2.67. The van der Waals surface area contributed by atoms with Gasteiger partial charge >= 0.3 is 0 Å². The minimum atomic E-state index is 0.414. The number of rotatable bonds is 3. The van der Waals surface area contributed by atoms with Gasteiger partial charge in [0, 0.05) is 11.9 Å². The molecule has 0 bridgehead atoms. The van der Waals surface area contributed by atoms with Gasteiger partial charge < -0.3 is 10.5 Å². The average Bonchev–Trinajstić information content (AvgIpc) is 2.30. The molecule has 0 fully saturated rings. The summed E-state index contributed by atoms with van der Waals surface area (Å²) in [4.78, 5) is 0. The number of anilines is 1. The van der Waals surface area contributed by atoms with Crippen molar-refractivity contribution >= 4 is 5.69 Å². The number of hydrogen-bond acceptors (Lipinski definition) is 4. The van der Waals surface area contributed by atoms with E-state index in [0.29, 0.717) is 6.61 Å². The van der Waals surface area contributed by atoms with Crippen molar-refractivity contribution in [3.8, 4) is 5.75 Å². The van der Waals surface area contributed by atoms with Crippen LogP contribution >= 0.6 is 0 Å². The molecule has 0 spiro atoms. The minimum Gasteiger partial charge on any atom is -0.487 e. The molecule has 0 amide bonds. The molecule has 1 aromatic carbocycles. The summed E-state index contributed by atoms with van der Waals surface area (Å²) in [6.45, 7) is 0.414. The Balaban J connectivity index is 1.96. The minimum absolute atomic E-state index is 0.414. The molecule has 0 saturated carbocycles. The van der Waals surface area contributed by atoms with Crippen LogP contribution in [0.1, 0.15) is 5.69 Å². The summed E-state index contributed by atoms with van der Waals surface area (Å²) in [7, 11) is 0. The fourth-order valence-corrected chi connectivity index (χ4v) is 1.13. The molecular formula is C11H11N3O. The number of nitrogens with zero attached hydrogens (tertiary/aromatic N) is 2. The molecule has 0 aliphatic rings. The standard InChI is InChI=1S/C11H11N3O/c12-9-3-5-11(6-4-9)15-8-10-2-1-7-13-14-10/h1-7H,8,12H2. The first-order chi connectivity index (χ1) is 7.34. The van der Waals surface area contributed by atoms with Crippen molar-refractivity contribution in [2.75, 3.05) is 5.73 Å². The number of aromatic nitrogens is 2. The predicted molar refractivity (Wildman–Crippen MR) is 57.2 cm³/mol. The van der Waals surface area contributed by atoms with Gasteiger partial charge in [-0.25, -0.2) is 0 Å². The van der Waals surface area contributed by atoms with Crippen LogP contribution < -0.4 is 10.5 Å². The highest BCUT2D eigenvalue weighted by molar-refractivity contribution is 5.41. The Kier molecular flexibility index (Phi) is 2.78. The van der Waals surface area contributed by atoms with Gasteiger partial charge in [-0.05, 0) is 36.4 Å². The molecule has 4 nitrogen and oxygen atoms in total. The second kappa shape index (κ2) is 4.41. The molecule has 0 aliphatic carbocycles. The first-order valence-electron chi connectivity index (χ1n) is 4.59. The van der Waals surface area contributed by atoms with Gasteiger partial charge in [-0.1, -0.05) is 0 Å². The van der Waals surface area contributed by atoms with Crippen LogP contribution in [0.15, 0.2) is 42.6 Å². The zero-order valence-electron chi connectivity index (χ0n) is 8.13. The summed E-state index contributed by atoms with van der Waals surface area (Å²) in [5.41, 5.74) is 7.08. The molecule has 1 heterocycles. The molecule has 1 aromatic heterocycles. The molecule has 4 heteroatoms. The maximum atomic E-state index is 5.56. The topological polar surface area (TPSA) is 61.0 Å². The van der Waals surface area contributed by atoms with E-state index >= 15 is 0 Å². The van der Waals surface area contributed by atoms with E-state index in [2.05, 4.69) is 10.2 Å². The third-order valence-corrected chi connectivity index (χ3v) is 1.89. The fourth-order valence-electron chi connectivity index (χ4n) is 1.13.